The average molecular weight is 254 g/mol. The van der Waals surface area contributed by atoms with Gasteiger partial charge in [0.2, 0.25) is 5.91 Å². The Morgan fingerprint density at radius 2 is 1.94 bits per heavy atom. The lowest BCUT2D eigenvalue weighted by Crippen LogP contribution is -2.40. The Hall–Kier alpha value is -0.570. The molecule has 1 fully saturated rings. The van der Waals surface area contributed by atoms with Gasteiger partial charge in [-0.25, -0.2) is 0 Å². The van der Waals surface area contributed by atoms with Crippen molar-refractivity contribution in [2.45, 2.75) is 72.4 Å². The number of hydrogen-bond acceptors (Lipinski definition) is 2. The van der Waals surface area contributed by atoms with Crippen LogP contribution < -0.4 is 11.1 Å². The number of hydrogen-bond donors (Lipinski definition) is 2. The summed E-state index contributed by atoms with van der Waals surface area (Å²) in [6.45, 7) is 11.0. The molecule has 3 N–H and O–H groups in total. The van der Waals surface area contributed by atoms with E-state index < -0.39 is 0 Å². The molecule has 1 aliphatic carbocycles. The number of carbonyl (C=O) groups excluding carboxylic acids is 1. The van der Waals surface area contributed by atoms with Gasteiger partial charge in [0.25, 0.3) is 0 Å². The summed E-state index contributed by atoms with van der Waals surface area (Å²) in [5.41, 5.74) is 6.23. The van der Waals surface area contributed by atoms with Crippen LogP contribution in [0.1, 0.15) is 60.3 Å². The largest absolute Gasteiger partial charge is 0.353 e. The molecule has 1 rings (SSSR count). The van der Waals surface area contributed by atoms with Gasteiger partial charge in [-0.15, -0.1) is 0 Å². The fourth-order valence-electron chi connectivity index (χ4n) is 2.93. The third-order valence-electron chi connectivity index (χ3n) is 4.13. The number of amides is 1. The molecule has 1 amide bonds. The van der Waals surface area contributed by atoms with Gasteiger partial charge < -0.3 is 11.1 Å². The summed E-state index contributed by atoms with van der Waals surface area (Å²) in [7, 11) is 0. The van der Waals surface area contributed by atoms with E-state index in [4.69, 9.17) is 5.73 Å². The molecule has 0 aliphatic heterocycles. The summed E-state index contributed by atoms with van der Waals surface area (Å²) in [5.74, 6) is 1.43. The highest BCUT2D eigenvalue weighted by Crippen LogP contribution is 2.31. The molecule has 0 aromatic heterocycles. The molecule has 0 spiro atoms. The molecule has 1 saturated carbocycles. The Bertz CT molecular complexity index is 283. The van der Waals surface area contributed by atoms with Crippen molar-refractivity contribution in [1.29, 1.82) is 0 Å². The first-order chi connectivity index (χ1) is 8.19. The standard InChI is InChI=1S/C15H30N2O/c1-10-6-7-13(11(10)2)17-14(18)8-12(16)9-15(3,4)5/h10-13H,6-9,16H2,1-5H3,(H,17,18). The number of nitrogens with one attached hydrogen (secondary N) is 1. The smallest absolute Gasteiger partial charge is 0.221 e. The molecule has 1 aliphatic rings. The van der Waals surface area contributed by atoms with E-state index in [1.54, 1.807) is 0 Å². The Labute approximate surface area is 112 Å². The first kappa shape index (κ1) is 15.5. The molecule has 3 heteroatoms. The third-order valence-corrected chi connectivity index (χ3v) is 4.13. The van der Waals surface area contributed by atoms with E-state index in [0.717, 1.165) is 18.8 Å². The fraction of sp³-hybridized carbons (Fsp3) is 0.933. The second kappa shape index (κ2) is 6.05. The Morgan fingerprint density at radius 1 is 1.33 bits per heavy atom. The summed E-state index contributed by atoms with van der Waals surface area (Å²) in [4.78, 5) is 12.0. The minimum Gasteiger partial charge on any atom is -0.353 e. The zero-order chi connectivity index (χ0) is 13.9. The topological polar surface area (TPSA) is 55.1 Å². The summed E-state index contributed by atoms with van der Waals surface area (Å²) in [5, 5.41) is 3.16. The van der Waals surface area contributed by atoms with Crippen molar-refractivity contribution in [2.24, 2.45) is 23.0 Å². The molecule has 0 radical (unpaired) electrons. The van der Waals surface area contributed by atoms with Gasteiger partial charge in [0, 0.05) is 18.5 Å². The van der Waals surface area contributed by atoms with Gasteiger partial charge in [0.05, 0.1) is 0 Å². The van der Waals surface area contributed by atoms with E-state index in [0.29, 0.717) is 18.4 Å². The SMILES string of the molecule is CC1CCC(NC(=O)CC(N)CC(C)(C)C)C1C. The van der Waals surface area contributed by atoms with Crippen molar-refractivity contribution >= 4 is 5.91 Å². The van der Waals surface area contributed by atoms with Gasteiger partial charge in [-0.1, -0.05) is 34.6 Å². The number of rotatable bonds is 4. The van der Waals surface area contributed by atoms with Crippen molar-refractivity contribution < 1.29 is 4.79 Å². The monoisotopic (exact) mass is 254 g/mol. The first-order valence-corrected chi connectivity index (χ1v) is 7.24. The van der Waals surface area contributed by atoms with Gasteiger partial charge in [0.15, 0.2) is 0 Å². The number of nitrogens with two attached hydrogens (primary N) is 1. The first-order valence-electron chi connectivity index (χ1n) is 7.24. The fourth-order valence-corrected chi connectivity index (χ4v) is 2.93. The minimum absolute atomic E-state index is 0.0286. The van der Waals surface area contributed by atoms with Crippen LogP contribution in [-0.2, 0) is 4.79 Å². The van der Waals surface area contributed by atoms with Crippen LogP contribution in [0.4, 0.5) is 0 Å². The van der Waals surface area contributed by atoms with E-state index in [1.165, 1.54) is 6.42 Å². The van der Waals surface area contributed by atoms with Gasteiger partial charge >= 0.3 is 0 Å². The molecule has 0 aromatic rings. The van der Waals surface area contributed by atoms with Crippen LogP contribution >= 0.6 is 0 Å². The van der Waals surface area contributed by atoms with Crippen molar-refractivity contribution in [3.63, 3.8) is 0 Å². The molecular formula is C15H30N2O. The molecule has 4 unspecified atom stereocenters. The van der Waals surface area contributed by atoms with Crippen LogP contribution in [0.3, 0.4) is 0 Å². The summed E-state index contributed by atoms with van der Waals surface area (Å²) in [6.07, 6.45) is 3.68. The van der Waals surface area contributed by atoms with Gasteiger partial charge in [-0.2, -0.15) is 0 Å². The highest BCUT2D eigenvalue weighted by molar-refractivity contribution is 5.76. The lowest BCUT2D eigenvalue weighted by molar-refractivity contribution is -0.122. The average Bonchev–Trinajstić information content (AvgIpc) is 2.46. The molecular weight excluding hydrogens is 224 g/mol. The predicted octanol–water partition coefficient (Wildman–Crippen LogP) is 2.69. The van der Waals surface area contributed by atoms with Crippen LogP contribution in [0, 0.1) is 17.3 Å². The van der Waals surface area contributed by atoms with Crippen LogP contribution in [0.5, 0.6) is 0 Å². The minimum atomic E-state index is -0.0286. The van der Waals surface area contributed by atoms with Gasteiger partial charge in [-0.3, -0.25) is 4.79 Å². The van der Waals surface area contributed by atoms with E-state index in [-0.39, 0.29) is 17.4 Å². The number of carbonyl (C=O) groups is 1. The highest BCUT2D eigenvalue weighted by Gasteiger charge is 2.31. The van der Waals surface area contributed by atoms with Gasteiger partial charge in [-0.05, 0) is 36.5 Å². The van der Waals surface area contributed by atoms with Crippen molar-refractivity contribution in [2.75, 3.05) is 0 Å². The molecule has 4 atom stereocenters. The normalized spacial score (nSPS) is 30.2. The van der Waals surface area contributed by atoms with Crippen LogP contribution in [0.2, 0.25) is 0 Å². The molecule has 0 saturated heterocycles. The molecule has 0 bridgehead atoms. The lowest BCUT2D eigenvalue weighted by Gasteiger charge is -2.24. The Morgan fingerprint density at radius 3 is 2.39 bits per heavy atom. The third kappa shape index (κ3) is 4.97. The molecule has 0 aromatic carbocycles. The quantitative estimate of drug-likeness (QED) is 0.810. The Kier molecular flexibility index (Phi) is 5.20. The second-order valence-corrected chi connectivity index (χ2v) is 7.32. The summed E-state index contributed by atoms with van der Waals surface area (Å²) in [6, 6.07) is 0.327. The Balaban J connectivity index is 2.34. The maximum absolute atomic E-state index is 12.0. The maximum Gasteiger partial charge on any atom is 0.221 e. The van der Waals surface area contributed by atoms with E-state index in [1.807, 2.05) is 0 Å². The summed E-state index contributed by atoms with van der Waals surface area (Å²) < 4.78 is 0. The van der Waals surface area contributed by atoms with E-state index >= 15 is 0 Å². The second-order valence-electron chi connectivity index (χ2n) is 7.32. The van der Waals surface area contributed by atoms with E-state index in [2.05, 4.69) is 39.9 Å². The maximum atomic E-state index is 12.0. The molecule has 18 heavy (non-hydrogen) atoms. The zero-order valence-corrected chi connectivity index (χ0v) is 12.6. The lowest BCUT2D eigenvalue weighted by atomic mass is 9.87. The van der Waals surface area contributed by atoms with Crippen molar-refractivity contribution in [3.05, 3.63) is 0 Å². The van der Waals surface area contributed by atoms with Crippen LogP contribution in [-0.4, -0.2) is 18.0 Å². The van der Waals surface area contributed by atoms with Gasteiger partial charge in [0.1, 0.15) is 0 Å². The molecule has 3 nitrogen and oxygen atoms in total. The predicted molar refractivity (Wildman–Crippen MR) is 76.2 cm³/mol. The van der Waals surface area contributed by atoms with Crippen LogP contribution in [0.25, 0.3) is 0 Å². The van der Waals surface area contributed by atoms with Crippen molar-refractivity contribution in [1.82, 2.24) is 5.32 Å². The highest BCUT2D eigenvalue weighted by atomic mass is 16.1. The zero-order valence-electron chi connectivity index (χ0n) is 12.6. The summed E-state index contributed by atoms with van der Waals surface area (Å²) >= 11 is 0. The van der Waals surface area contributed by atoms with Crippen LogP contribution in [0.15, 0.2) is 0 Å². The van der Waals surface area contributed by atoms with Crippen molar-refractivity contribution in [3.8, 4) is 0 Å². The molecule has 106 valence electrons. The molecule has 0 heterocycles. The van der Waals surface area contributed by atoms with E-state index in [9.17, 15) is 4.79 Å².